The predicted octanol–water partition coefficient (Wildman–Crippen LogP) is 0.717. The molecule has 0 saturated carbocycles. The number of nitrogens with zero attached hydrogens (tertiary/aromatic N) is 1. The molecule has 1 aromatic rings. The second kappa shape index (κ2) is 5.35. The Kier molecular flexibility index (Phi) is 3.81. The largest absolute Gasteiger partial charge is 0.332 e. The number of H-pyrrole nitrogens is 1. The highest BCUT2D eigenvalue weighted by Crippen LogP contribution is 2.23. The summed E-state index contributed by atoms with van der Waals surface area (Å²) in [7, 11) is 0. The average Bonchev–Trinajstić information content (AvgIpc) is 2.37. The van der Waals surface area contributed by atoms with Gasteiger partial charge < -0.3 is 15.6 Å². The van der Waals surface area contributed by atoms with Crippen molar-refractivity contribution in [2.45, 2.75) is 38.3 Å². The number of rotatable bonds is 2. The summed E-state index contributed by atoms with van der Waals surface area (Å²) in [5.41, 5.74) is 5.92. The fourth-order valence-electron chi connectivity index (χ4n) is 2.61. The highest BCUT2D eigenvalue weighted by atomic mass is 16.2. The van der Waals surface area contributed by atoms with E-state index in [-0.39, 0.29) is 23.6 Å². The van der Waals surface area contributed by atoms with Gasteiger partial charge in [-0.2, -0.15) is 0 Å². The molecule has 2 heterocycles. The van der Waals surface area contributed by atoms with Crippen molar-refractivity contribution in [3.05, 3.63) is 34.2 Å². The summed E-state index contributed by atoms with van der Waals surface area (Å²) < 4.78 is 0. The molecular weight excluding hydrogens is 230 g/mol. The molecule has 2 rings (SSSR count). The van der Waals surface area contributed by atoms with E-state index in [0.717, 1.165) is 19.3 Å². The zero-order valence-electron chi connectivity index (χ0n) is 10.6. The zero-order chi connectivity index (χ0) is 13.1. The highest BCUT2D eigenvalue weighted by molar-refractivity contribution is 5.94. The third-order valence-electron chi connectivity index (χ3n) is 3.56. The van der Waals surface area contributed by atoms with E-state index in [1.807, 2.05) is 11.8 Å². The molecule has 3 N–H and O–H groups in total. The Hall–Kier alpha value is -1.62. The number of aromatic amines is 1. The molecule has 5 heteroatoms. The lowest BCUT2D eigenvalue weighted by molar-refractivity contribution is 0.0494. The molecule has 2 atom stereocenters. The standard InChI is InChI=1S/C13H19N3O2/c1-9-3-2-4-11(8-14)16(9)13(18)10-5-6-15-12(17)7-10/h5-7,9,11H,2-4,8,14H2,1H3,(H,15,17). The minimum atomic E-state index is -0.255. The van der Waals surface area contributed by atoms with Crippen molar-refractivity contribution < 1.29 is 4.79 Å². The Morgan fingerprint density at radius 1 is 1.56 bits per heavy atom. The van der Waals surface area contributed by atoms with E-state index in [1.54, 1.807) is 6.07 Å². The summed E-state index contributed by atoms with van der Waals surface area (Å²) in [5.74, 6) is -0.0937. The van der Waals surface area contributed by atoms with Gasteiger partial charge in [-0.25, -0.2) is 0 Å². The van der Waals surface area contributed by atoms with Gasteiger partial charge >= 0.3 is 0 Å². The minimum absolute atomic E-state index is 0.0838. The van der Waals surface area contributed by atoms with Gasteiger partial charge in [0.15, 0.2) is 0 Å². The van der Waals surface area contributed by atoms with Crippen molar-refractivity contribution >= 4 is 5.91 Å². The smallest absolute Gasteiger partial charge is 0.254 e. The summed E-state index contributed by atoms with van der Waals surface area (Å²) in [5, 5.41) is 0. The molecule has 1 aliphatic rings. The molecule has 98 valence electrons. The minimum Gasteiger partial charge on any atom is -0.332 e. The van der Waals surface area contributed by atoms with Crippen LogP contribution in [0.2, 0.25) is 0 Å². The Labute approximate surface area is 106 Å². The first kappa shape index (κ1) is 12.8. The maximum Gasteiger partial charge on any atom is 0.254 e. The van der Waals surface area contributed by atoms with Crippen molar-refractivity contribution in [1.82, 2.24) is 9.88 Å². The molecule has 1 aliphatic heterocycles. The maximum atomic E-state index is 12.4. The fourth-order valence-corrected chi connectivity index (χ4v) is 2.61. The Morgan fingerprint density at radius 3 is 3.00 bits per heavy atom. The number of nitrogens with two attached hydrogens (primary N) is 1. The number of likely N-dealkylation sites (tertiary alicyclic amines) is 1. The van der Waals surface area contributed by atoms with Gasteiger partial charge in [0.05, 0.1) is 0 Å². The van der Waals surface area contributed by atoms with Gasteiger partial charge in [-0.3, -0.25) is 9.59 Å². The predicted molar refractivity (Wildman–Crippen MR) is 69.4 cm³/mol. The van der Waals surface area contributed by atoms with Crippen LogP contribution < -0.4 is 11.3 Å². The maximum absolute atomic E-state index is 12.4. The molecule has 5 nitrogen and oxygen atoms in total. The van der Waals surface area contributed by atoms with E-state index in [9.17, 15) is 9.59 Å². The van der Waals surface area contributed by atoms with Gasteiger partial charge in [-0.15, -0.1) is 0 Å². The number of hydrogen-bond donors (Lipinski definition) is 2. The molecule has 18 heavy (non-hydrogen) atoms. The summed E-state index contributed by atoms with van der Waals surface area (Å²) in [6.45, 7) is 2.51. The molecule has 0 radical (unpaired) electrons. The summed E-state index contributed by atoms with van der Waals surface area (Å²) in [6.07, 6.45) is 4.53. The number of carbonyl (C=O) groups is 1. The van der Waals surface area contributed by atoms with Gasteiger partial charge in [0.2, 0.25) is 5.56 Å². The molecule has 1 saturated heterocycles. The van der Waals surface area contributed by atoms with Crippen LogP contribution in [-0.4, -0.2) is 34.4 Å². The number of pyridine rings is 1. The van der Waals surface area contributed by atoms with Gasteiger partial charge in [-0.1, -0.05) is 0 Å². The van der Waals surface area contributed by atoms with E-state index >= 15 is 0 Å². The number of aromatic nitrogens is 1. The normalized spacial score (nSPS) is 24.0. The number of amides is 1. The monoisotopic (exact) mass is 249 g/mol. The van der Waals surface area contributed by atoms with E-state index in [2.05, 4.69) is 4.98 Å². The second-order valence-electron chi connectivity index (χ2n) is 4.82. The lowest BCUT2D eigenvalue weighted by Gasteiger charge is -2.40. The number of hydrogen-bond acceptors (Lipinski definition) is 3. The summed E-state index contributed by atoms with van der Waals surface area (Å²) in [6, 6.07) is 3.25. The molecule has 2 unspecified atom stereocenters. The lowest BCUT2D eigenvalue weighted by Crippen LogP contribution is -2.51. The van der Waals surface area contributed by atoms with Crippen LogP contribution >= 0.6 is 0 Å². The first-order valence-electron chi connectivity index (χ1n) is 6.35. The number of piperidine rings is 1. The van der Waals surface area contributed by atoms with Crippen molar-refractivity contribution in [2.75, 3.05) is 6.54 Å². The van der Waals surface area contributed by atoms with Crippen molar-refractivity contribution in [1.29, 1.82) is 0 Å². The van der Waals surface area contributed by atoms with Crippen LogP contribution in [0.5, 0.6) is 0 Å². The first-order valence-corrected chi connectivity index (χ1v) is 6.35. The van der Waals surface area contributed by atoms with E-state index in [1.165, 1.54) is 12.3 Å². The molecular formula is C13H19N3O2. The molecule has 1 aromatic heterocycles. The third-order valence-corrected chi connectivity index (χ3v) is 3.56. The average molecular weight is 249 g/mol. The van der Waals surface area contributed by atoms with Crippen LogP contribution in [0.25, 0.3) is 0 Å². The fraction of sp³-hybridized carbons (Fsp3) is 0.538. The Balaban J connectivity index is 2.28. The van der Waals surface area contributed by atoms with Gasteiger partial charge in [0, 0.05) is 36.5 Å². The van der Waals surface area contributed by atoms with Gasteiger partial charge in [0.25, 0.3) is 5.91 Å². The summed E-state index contributed by atoms with van der Waals surface area (Å²) in [4.78, 5) is 28.1. The van der Waals surface area contributed by atoms with Crippen LogP contribution in [0.1, 0.15) is 36.5 Å². The molecule has 0 bridgehead atoms. The quantitative estimate of drug-likeness (QED) is 0.810. The van der Waals surface area contributed by atoms with E-state index < -0.39 is 0 Å². The van der Waals surface area contributed by atoms with Gasteiger partial charge in [0.1, 0.15) is 0 Å². The van der Waals surface area contributed by atoms with Crippen LogP contribution in [0.3, 0.4) is 0 Å². The second-order valence-corrected chi connectivity index (χ2v) is 4.82. The van der Waals surface area contributed by atoms with Gasteiger partial charge in [-0.05, 0) is 32.3 Å². The number of nitrogens with one attached hydrogen (secondary N) is 1. The molecule has 0 aliphatic carbocycles. The van der Waals surface area contributed by atoms with E-state index in [4.69, 9.17) is 5.73 Å². The Bertz CT molecular complexity index is 483. The van der Waals surface area contributed by atoms with Crippen LogP contribution in [-0.2, 0) is 0 Å². The van der Waals surface area contributed by atoms with Crippen molar-refractivity contribution in [3.63, 3.8) is 0 Å². The lowest BCUT2D eigenvalue weighted by atomic mass is 9.95. The highest BCUT2D eigenvalue weighted by Gasteiger charge is 2.31. The zero-order valence-corrected chi connectivity index (χ0v) is 10.6. The van der Waals surface area contributed by atoms with E-state index in [0.29, 0.717) is 12.1 Å². The Morgan fingerprint density at radius 2 is 2.33 bits per heavy atom. The SMILES string of the molecule is CC1CCCC(CN)N1C(=O)c1cc[nH]c(=O)c1. The first-order chi connectivity index (χ1) is 8.63. The van der Waals surface area contributed by atoms with Crippen LogP contribution in [0.4, 0.5) is 0 Å². The molecule has 1 amide bonds. The molecule has 1 fully saturated rings. The van der Waals surface area contributed by atoms with Crippen LogP contribution in [0.15, 0.2) is 23.1 Å². The summed E-state index contributed by atoms with van der Waals surface area (Å²) >= 11 is 0. The number of carbonyl (C=O) groups excluding carboxylic acids is 1. The van der Waals surface area contributed by atoms with Crippen molar-refractivity contribution in [2.24, 2.45) is 5.73 Å². The topological polar surface area (TPSA) is 79.2 Å². The third kappa shape index (κ3) is 2.46. The van der Waals surface area contributed by atoms with Crippen molar-refractivity contribution in [3.8, 4) is 0 Å². The molecule has 0 spiro atoms. The van der Waals surface area contributed by atoms with Crippen LogP contribution in [0, 0.1) is 0 Å². The molecule has 0 aromatic carbocycles.